The lowest BCUT2D eigenvalue weighted by Gasteiger charge is -2.06. The van der Waals surface area contributed by atoms with E-state index in [2.05, 4.69) is 26.2 Å². The average molecular weight is 329 g/mol. The summed E-state index contributed by atoms with van der Waals surface area (Å²) in [4.78, 5) is 16.8. The van der Waals surface area contributed by atoms with Crippen LogP contribution in [0.5, 0.6) is 0 Å². The predicted molar refractivity (Wildman–Crippen MR) is 73.6 cm³/mol. The minimum atomic E-state index is -0.397. The third-order valence-electron chi connectivity index (χ3n) is 2.29. The number of anilines is 1. The molecule has 1 aromatic heterocycles. The summed E-state index contributed by atoms with van der Waals surface area (Å²) in [6, 6.07) is 4.14. The lowest BCUT2D eigenvalue weighted by atomic mass is 10.3. The van der Waals surface area contributed by atoms with E-state index in [0.29, 0.717) is 20.7 Å². The molecule has 0 radical (unpaired) electrons. The predicted octanol–water partition coefficient (Wildman–Crippen LogP) is 3.91. The molecular weight excluding hydrogens is 319 g/mol. The standard InChI is InChI=1S/C12H10BrFN2OS/c1-6-11(18-7(2)15-6)12(17)16-10-5-8(14)3-4-9(10)13/h3-5H,1-2H3,(H,16,17). The molecule has 0 aliphatic carbocycles. The number of benzene rings is 1. The van der Waals surface area contributed by atoms with Gasteiger partial charge in [0.05, 0.1) is 16.4 Å². The van der Waals surface area contributed by atoms with E-state index in [4.69, 9.17) is 0 Å². The number of halogens is 2. The molecule has 0 unspecified atom stereocenters. The van der Waals surface area contributed by atoms with Gasteiger partial charge in [-0.25, -0.2) is 9.37 Å². The van der Waals surface area contributed by atoms with Crippen molar-refractivity contribution in [3.05, 3.63) is 44.1 Å². The monoisotopic (exact) mass is 328 g/mol. The summed E-state index contributed by atoms with van der Waals surface area (Å²) < 4.78 is 13.7. The van der Waals surface area contributed by atoms with Gasteiger partial charge in [-0.2, -0.15) is 0 Å². The Kier molecular flexibility index (Phi) is 3.77. The van der Waals surface area contributed by atoms with Gasteiger partial charge in [0.25, 0.3) is 5.91 Å². The highest BCUT2D eigenvalue weighted by atomic mass is 79.9. The van der Waals surface area contributed by atoms with Crippen molar-refractivity contribution in [2.24, 2.45) is 0 Å². The Morgan fingerprint density at radius 3 is 2.78 bits per heavy atom. The molecule has 0 saturated carbocycles. The minimum Gasteiger partial charge on any atom is -0.320 e. The number of amides is 1. The van der Waals surface area contributed by atoms with Gasteiger partial charge in [-0.3, -0.25) is 4.79 Å². The first-order valence-electron chi connectivity index (χ1n) is 5.18. The molecule has 3 nitrogen and oxygen atoms in total. The van der Waals surface area contributed by atoms with Crippen LogP contribution in [0.2, 0.25) is 0 Å². The molecule has 1 aromatic carbocycles. The van der Waals surface area contributed by atoms with E-state index in [1.165, 1.54) is 23.5 Å². The fourth-order valence-corrected chi connectivity index (χ4v) is 2.68. The van der Waals surface area contributed by atoms with Crippen LogP contribution in [-0.4, -0.2) is 10.9 Å². The molecule has 18 heavy (non-hydrogen) atoms. The van der Waals surface area contributed by atoms with Crippen molar-refractivity contribution in [3.8, 4) is 0 Å². The molecule has 0 fully saturated rings. The Labute approximate surface area is 116 Å². The number of carbonyl (C=O) groups excluding carboxylic acids is 1. The zero-order valence-electron chi connectivity index (χ0n) is 9.75. The first-order valence-corrected chi connectivity index (χ1v) is 6.79. The summed E-state index contributed by atoms with van der Waals surface area (Å²) in [5, 5.41) is 3.50. The van der Waals surface area contributed by atoms with E-state index >= 15 is 0 Å². The van der Waals surface area contributed by atoms with Gasteiger partial charge in [0, 0.05) is 4.47 Å². The Bertz CT molecular complexity index is 612. The normalized spacial score (nSPS) is 10.4. The van der Waals surface area contributed by atoms with Crippen LogP contribution < -0.4 is 5.32 Å². The van der Waals surface area contributed by atoms with Gasteiger partial charge < -0.3 is 5.32 Å². The Morgan fingerprint density at radius 1 is 1.44 bits per heavy atom. The van der Waals surface area contributed by atoms with Crippen LogP contribution >= 0.6 is 27.3 Å². The maximum atomic E-state index is 13.1. The first kappa shape index (κ1) is 13.2. The summed E-state index contributed by atoms with van der Waals surface area (Å²) in [5.74, 6) is -0.671. The molecule has 2 aromatic rings. The smallest absolute Gasteiger partial charge is 0.267 e. The molecule has 1 heterocycles. The number of aryl methyl sites for hydroxylation is 2. The van der Waals surface area contributed by atoms with Crippen LogP contribution in [0.3, 0.4) is 0 Å². The number of hydrogen-bond donors (Lipinski definition) is 1. The van der Waals surface area contributed by atoms with Crippen LogP contribution in [0.25, 0.3) is 0 Å². The number of nitrogens with one attached hydrogen (secondary N) is 1. The van der Waals surface area contributed by atoms with Crippen molar-refractivity contribution < 1.29 is 9.18 Å². The van der Waals surface area contributed by atoms with E-state index in [1.807, 2.05) is 6.92 Å². The highest BCUT2D eigenvalue weighted by Gasteiger charge is 2.15. The topological polar surface area (TPSA) is 42.0 Å². The number of hydrogen-bond acceptors (Lipinski definition) is 3. The molecule has 1 N–H and O–H groups in total. The Balaban J connectivity index is 2.26. The van der Waals surface area contributed by atoms with Crippen molar-refractivity contribution in [1.82, 2.24) is 4.98 Å². The second-order valence-electron chi connectivity index (χ2n) is 3.73. The molecule has 0 bridgehead atoms. The van der Waals surface area contributed by atoms with Gasteiger partial charge in [-0.15, -0.1) is 11.3 Å². The highest BCUT2D eigenvalue weighted by molar-refractivity contribution is 9.10. The van der Waals surface area contributed by atoms with Gasteiger partial charge in [0.1, 0.15) is 10.7 Å². The largest absolute Gasteiger partial charge is 0.320 e. The fraction of sp³-hybridized carbons (Fsp3) is 0.167. The van der Waals surface area contributed by atoms with Crippen molar-refractivity contribution >= 4 is 38.9 Å². The molecule has 2 rings (SSSR count). The van der Waals surface area contributed by atoms with Gasteiger partial charge >= 0.3 is 0 Å². The van der Waals surface area contributed by atoms with E-state index in [-0.39, 0.29) is 5.91 Å². The van der Waals surface area contributed by atoms with Crippen molar-refractivity contribution in [3.63, 3.8) is 0 Å². The maximum absolute atomic E-state index is 13.1. The average Bonchev–Trinajstić information content (AvgIpc) is 2.63. The number of carbonyl (C=O) groups is 1. The SMILES string of the molecule is Cc1nc(C)c(C(=O)Nc2cc(F)ccc2Br)s1. The van der Waals surface area contributed by atoms with E-state index in [0.717, 1.165) is 5.01 Å². The fourth-order valence-electron chi connectivity index (χ4n) is 1.51. The molecule has 0 saturated heterocycles. The van der Waals surface area contributed by atoms with Crippen LogP contribution in [0.4, 0.5) is 10.1 Å². The molecule has 0 spiro atoms. The summed E-state index contributed by atoms with van der Waals surface area (Å²) in [7, 11) is 0. The molecule has 94 valence electrons. The van der Waals surface area contributed by atoms with E-state index < -0.39 is 5.82 Å². The van der Waals surface area contributed by atoms with Crippen LogP contribution in [0, 0.1) is 19.7 Å². The molecule has 0 aliphatic rings. The second kappa shape index (κ2) is 5.16. The quantitative estimate of drug-likeness (QED) is 0.907. The third-order valence-corrected chi connectivity index (χ3v) is 4.05. The lowest BCUT2D eigenvalue weighted by molar-refractivity contribution is 0.102. The molecule has 0 aliphatic heterocycles. The summed E-state index contributed by atoms with van der Waals surface area (Å²) in [5.41, 5.74) is 1.09. The summed E-state index contributed by atoms with van der Waals surface area (Å²) in [6.45, 7) is 3.62. The minimum absolute atomic E-state index is 0.274. The molecular formula is C12H10BrFN2OS. The van der Waals surface area contributed by atoms with Crippen LogP contribution in [0.1, 0.15) is 20.4 Å². The van der Waals surface area contributed by atoms with Gasteiger partial charge in [-0.05, 0) is 48.0 Å². The maximum Gasteiger partial charge on any atom is 0.267 e. The van der Waals surface area contributed by atoms with Crippen molar-refractivity contribution in [2.75, 3.05) is 5.32 Å². The molecule has 0 atom stereocenters. The Morgan fingerprint density at radius 2 is 2.17 bits per heavy atom. The van der Waals surface area contributed by atoms with E-state index in [1.54, 1.807) is 13.0 Å². The van der Waals surface area contributed by atoms with Crippen molar-refractivity contribution in [2.45, 2.75) is 13.8 Å². The second-order valence-corrected chi connectivity index (χ2v) is 5.78. The third kappa shape index (κ3) is 2.76. The number of rotatable bonds is 2. The van der Waals surface area contributed by atoms with Crippen LogP contribution in [0.15, 0.2) is 22.7 Å². The van der Waals surface area contributed by atoms with Crippen LogP contribution in [-0.2, 0) is 0 Å². The lowest BCUT2D eigenvalue weighted by Crippen LogP contribution is -2.12. The first-order chi connectivity index (χ1) is 8.47. The zero-order chi connectivity index (χ0) is 13.3. The van der Waals surface area contributed by atoms with Gasteiger partial charge in [0.15, 0.2) is 0 Å². The van der Waals surface area contributed by atoms with Gasteiger partial charge in [-0.1, -0.05) is 0 Å². The Hall–Kier alpha value is -1.27. The number of aromatic nitrogens is 1. The van der Waals surface area contributed by atoms with Crippen molar-refractivity contribution in [1.29, 1.82) is 0 Å². The van der Waals surface area contributed by atoms with E-state index in [9.17, 15) is 9.18 Å². The summed E-state index contributed by atoms with van der Waals surface area (Å²) >= 11 is 4.58. The highest BCUT2D eigenvalue weighted by Crippen LogP contribution is 2.25. The number of nitrogens with zero attached hydrogens (tertiary/aromatic N) is 1. The number of thiazole rings is 1. The molecule has 1 amide bonds. The summed E-state index contributed by atoms with van der Waals surface area (Å²) in [6.07, 6.45) is 0. The van der Waals surface area contributed by atoms with Gasteiger partial charge in [0.2, 0.25) is 0 Å². The molecule has 6 heteroatoms. The zero-order valence-corrected chi connectivity index (χ0v) is 12.2.